The predicted octanol–water partition coefficient (Wildman–Crippen LogP) is 4.07. The van der Waals surface area contributed by atoms with E-state index >= 15 is 0 Å². The molecule has 0 saturated heterocycles. The summed E-state index contributed by atoms with van der Waals surface area (Å²) in [6.07, 6.45) is 0.432. The highest BCUT2D eigenvalue weighted by atomic mass is 35.5. The highest BCUT2D eigenvalue weighted by molar-refractivity contribution is 7.89. The number of amides is 2. The van der Waals surface area contributed by atoms with E-state index in [0.717, 1.165) is 5.56 Å². The van der Waals surface area contributed by atoms with Crippen molar-refractivity contribution in [3.63, 3.8) is 0 Å². The number of benzene rings is 2. The lowest BCUT2D eigenvalue weighted by molar-refractivity contribution is -0.141. The minimum Gasteiger partial charge on any atom is -0.350 e. The van der Waals surface area contributed by atoms with Gasteiger partial charge >= 0.3 is 0 Å². The van der Waals surface area contributed by atoms with Gasteiger partial charge in [0.25, 0.3) is 0 Å². The second-order valence-corrected chi connectivity index (χ2v) is 11.8. The molecular formula is C25H34ClN3O4S. The summed E-state index contributed by atoms with van der Waals surface area (Å²) in [5.74, 6) is -0.476. The lowest BCUT2D eigenvalue weighted by atomic mass is 10.1. The van der Waals surface area contributed by atoms with Gasteiger partial charge in [-0.1, -0.05) is 41.9 Å². The Morgan fingerprint density at radius 1 is 1.03 bits per heavy atom. The number of nitrogens with zero attached hydrogens (tertiary/aromatic N) is 2. The topological polar surface area (TPSA) is 86.8 Å². The molecule has 34 heavy (non-hydrogen) atoms. The first-order chi connectivity index (χ1) is 15.8. The number of hydrogen-bond acceptors (Lipinski definition) is 4. The van der Waals surface area contributed by atoms with Crippen molar-refractivity contribution < 1.29 is 18.0 Å². The molecule has 0 spiro atoms. The minimum absolute atomic E-state index is 0.107. The maximum absolute atomic E-state index is 13.2. The third-order valence-corrected chi connectivity index (χ3v) is 7.37. The highest BCUT2D eigenvalue weighted by Gasteiger charge is 2.28. The standard InChI is InChI=1S/C25H34ClN3O4S/c1-19(24(31)27-25(2,3)4)29(18-20-13-15-21(26)16-14-20)23(30)12-9-17-28(5)34(32,33)22-10-7-6-8-11-22/h6-8,10-11,13-16,19H,9,12,17-18H2,1-5H3,(H,27,31)/t19-/m1/s1. The molecule has 9 heteroatoms. The molecule has 0 radical (unpaired) electrons. The van der Waals surface area contributed by atoms with Crippen LogP contribution in [0, 0.1) is 0 Å². The number of sulfonamides is 1. The van der Waals surface area contributed by atoms with E-state index in [1.54, 1.807) is 49.4 Å². The van der Waals surface area contributed by atoms with Crippen LogP contribution in [-0.2, 0) is 26.2 Å². The van der Waals surface area contributed by atoms with Gasteiger partial charge in [-0.15, -0.1) is 0 Å². The number of nitrogens with one attached hydrogen (secondary N) is 1. The monoisotopic (exact) mass is 507 g/mol. The second-order valence-electron chi connectivity index (χ2n) is 9.31. The van der Waals surface area contributed by atoms with Gasteiger partial charge in [0, 0.05) is 37.1 Å². The van der Waals surface area contributed by atoms with Crippen molar-refractivity contribution in [3.05, 3.63) is 65.2 Å². The maximum atomic E-state index is 13.2. The fourth-order valence-corrected chi connectivity index (χ4v) is 4.69. The fourth-order valence-electron chi connectivity index (χ4n) is 3.33. The van der Waals surface area contributed by atoms with E-state index in [1.165, 1.54) is 16.3 Å². The summed E-state index contributed by atoms with van der Waals surface area (Å²) in [5.41, 5.74) is 0.409. The van der Waals surface area contributed by atoms with Gasteiger partial charge in [-0.2, -0.15) is 0 Å². The molecule has 2 rings (SSSR count). The number of carbonyl (C=O) groups is 2. The Bertz CT molecular complexity index is 1070. The van der Waals surface area contributed by atoms with E-state index < -0.39 is 21.6 Å². The van der Waals surface area contributed by atoms with Crippen LogP contribution in [-0.4, -0.2) is 54.6 Å². The molecule has 0 fully saturated rings. The van der Waals surface area contributed by atoms with Gasteiger partial charge in [-0.3, -0.25) is 9.59 Å². The van der Waals surface area contributed by atoms with Crippen molar-refractivity contribution in [2.45, 2.75) is 63.6 Å². The SMILES string of the molecule is C[C@H](C(=O)NC(C)(C)C)N(Cc1ccc(Cl)cc1)C(=O)CCCN(C)S(=O)(=O)c1ccccc1. The summed E-state index contributed by atoms with van der Waals surface area (Å²) in [6.45, 7) is 7.76. The quantitative estimate of drug-likeness (QED) is 0.525. The molecule has 0 aliphatic heterocycles. The van der Waals surface area contributed by atoms with Gasteiger partial charge in [0.15, 0.2) is 0 Å². The molecule has 0 aliphatic rings. The molecule has 1 atom stereocenters. The fraction of sp³-hybridized carbons (Fsp3) is 0.440. The molecule has 2 amide bonds. The third kappa shape index (κ3) is 8.11. The molecule has 0 aromatic heterocycles. The average Bonchev–Trinajstić information content (AvgIpc) is 2.77. The Morgan fingerprint density at radius 2 is 1.62 bits per heavy atom. The normalized spacial score (nSPS) is 12.9. The van der Waals surface area contributed by atoms with E-state index in [4.69, 9.17) is 11.6 Å². The van der Waals surface area contributed by atoms with Crippen LogP contribution in [0.4, 0.5) is 0 Å². The molecule has 2 aromatic rings. The van der Waals surface area contributed by atoms with Crippen LogP contribution in [0.15, 0.2) is 59.5 Å². The van der Waals surface area contributed by atoms with E-state index in [-0.39, 0.29) is 36.2 Å². The molecule has 0 heterocycles. The van der Waals surface area contributed by atoms with Gasteiger partial charge < -0.3 is 10.2 Å². The van der Waals surface area contributed by atoms with Crippen LogP contribution in [0.1, 0.15) is 46.1 Å². The van der Waals surface area contributed by atoms with E-state index in [0.29, 0.717) is 11.4 Å². The molecule has 1 N–H and O–H groups in total. The lowest BCUT2D eigenvalue weighted by Gasteiger charge is -2.31. The Morgan fingerprint density at radius 3 is 2.18 bits per heavy atom. The summed E-state index contributed by atoms with van der Waals surface area (Å²) in [7, 11) is -2.13. The van der Waals surface area contributed by atoms with Crippen molar-refractivity contribution >= 4 is 33.4 Å². The van der Waals surface area contributed by atoms with Gasteiger partial charge in [0.1, 0.15) is 6.04 Å². The summed E-state index contributed by atoms with van der Waals surface area (Å²) in [5, 5.41) is 3.51. The van der Waals surface area contributed by atoms with Crippen molar-refractivity contribution in [2.75, 3.05) is 13.6 Å². The summed E-state index contributed by atoms with van der Waals surface area (Å²) in [6, 6.07) is 14.6. The van der Waals surface area contributed by atoms with Crippen LogP contribution in [0.2, 0.25) is 5.02 Å². The zero-order valence-electron chi connectivity index (χ0n) is 20.4. The molecular weight excluding hydrogens is 474 g/mol. The zero-order chi connectivity index (χ0) is 25.5. The summed E-state index contributed by atoms with van der Waals surface area (Å²) >= 11 is 5.98. The summed E-state index contributed by atoms with van der Waals surface area (Å²) < 4.78 is 26.7. The minimum atomic E-state index is -3.63. The Hall–Kier alpha value is -2.42. The number of halogens is 1. The van der Waals surface area contributed by atoms with Crippen molar-refractivity contribution in [2.24, 2.45) is 0 Å². The average molecular weight is 508 g/mol. The van der Waals surface area contributed by atoms with Gasteiger partial charge in [0.05, 0.1) is 4.90 Å². The molecule has 7 nitrogen and oxygen atoms in total. The van der Waals surface area contributed by atoms with Gasteiger partial charge in [-0.25, -0.2) is 12.7 Å². The number of hydrogen-bond donors (Lipinski definition) is 1. The lowest BCUT2D eigenvalue weighted by Crippen LogP contribution is -2.52. The predicted molar refractivity (Wildman–Crippen MR) is 135 cm³/mol. The molecule has 0 aliphatic carbocycles. The first kappa shape index (κ1) is 27.8. The second kappa shape index (κ2) is 11.8. The van der Waals surface area contributed by atoms with Crippen LogP contribution in [0.3, 0.4) is 0 Å². The first-order valence-electron chi connectivity index (χ1n) is 11.2. The highest BCUT2D eigenvalue weighted by Crippen LogP contribution is 2.17. The Balaban J connectivity index is 2.09. The van der Waals surface area contributed by atoms with Crippen LogP contribution >= 0.6 is 11.6 Å². The summed E-state index contributed by atoms with van der Waals surface area (Å²) in [4.78, 5) is 27.7. The van der Waals surface area contributed by atoms with Gasteiger partial charge in [-0.05, 0) is 63.9 Å². The Labute approximate surface area is 208 Å². The maximum Gasteiger partial charge on any atom is 0.242 e. The molecule has 0 bridgehead atoms. The molecule has 186 valence electrons. The molecule has 0 saturated carbocycles. The Kier molecular flexibility index (Phi) is 9.67. The smallest absolute Gasteiger partial charge is 0.242 e. The number of carbonyl (C=O) groups excluding carboxylic acids is 2. The largest absolute Gasteiger partial charge is 0.350 e. The zero-order valence-corrected chi connectivity index (χ0v) is 22.0. The van der Waals surface area contributed by atoms with E-state index in [2.05, 4.69) is 5.32 Å². The van der Waals surface area contributed by atoms with Crippen LogP contribution in [0.25, 0.3) is 0 Å². The van der Waals surface area contributed by atoms with Crippen molar-refractivity contribution in [3.8, 4) is 0 Å². The van der Waals surface area contributed by atoms with Crippen LogP contribution < -0.4 is 5.32 Å². The van der Waals surface area contributed by atoms with Crippen molar-refractivity contribution in [1.29, 1.82) is 0 Å². The van der Waals surface area contributed by atoms with Crippen LogP contribution in [0.5, 0.6) is 0 Å². The van der Waals surface area contributed by atoms with Crippen molar-refractivity contribution in [1.82, 2.24) is 14.5 Å². The first-order valence-corrected chi connectivity index (χ1v) is 13.0. The van der Waals surface area contributed by atoms with E-state index in [1.807, 2.05) is 32.9 Å². The third-order valence-electron chi connectivity index (χ3n) is 5.25. The molecule has 0 unspecified atom stereocenters. The van der Waals surface area contributed by atoms with Gasteiger partial charge in [0.2, 0.25) is 21.8 Å². The number of rotatable bonds is 10. The van der Waals surface area contributed by atoms with E-state index in [9.17, 15) is 18.0 Å². The molecule has 2 aromatic carbocycles.